The number of aryl methyl sites for hydroxylation is 1. The van der Waals surface area contributed by atoms with Crippen LogP contribution in [0.3, 0.4) is 0 Å². The van der Waals surface area contributed by atoms with E-state index in [0.717, 1.165) is 5.56 Å². The third-order valence-corrected chi connectivity index (χ3v) is 2.34. The molecule has 1 aromatic rings. The third kappa shape index (κ3) is 1.82. The van der Waals surface area contributed by atoms with E-state index in [1.54, 1.807) is 19.9 Å². The molecule has 0 saturated carbocycles. The molecular formula is C11H14FNO. The fourth-order valence-corrected chi connectivity index (χ4v) is 1.31. The summed E-state index contributed by atoms with van der Waals surface area (Å²) in [4.78, 5) is 11.6. The van der Waals surface area contributed by atoms with Crippen molar-refractivity contribution in [2.75, 3.05) is 0 Å². The summed E-state index contributed by atoms with van der Waals surface area (Å²) in [5.74, 6) is -0.834. The second-order valence-corrected chi connectivity index (χ2v) is 3.52. The van der Waals surface area contributed by atoms with Gasteiger partial charge in [0.05, 0.1) is 11.6 Å². The van der Waals surface area contributed by atoms with Crippen molar-refractivity contribution in [1.29, 1.82) is 0 Å². The molecular weight excluding hydrogens is 181 g/mol. The lowest BCUT2D eigenvalue weighted by atomic mass is 9.97. The van der Waals surface area contributed by atoms with Crippen LogP contribution in [0.1, 0.15) is 28.4 Å². The minimum absolute atomic E-state index is 0.125. The van der Waals surface area contributed by atoms with Crippen LogP contribution in [0.2, 0.25) is 0 Å². The lowest BCUT2D eigenvalue weighted by Gasteiger charge is -2.10. The van der Waals surface area contributed by atoms with Crippen molar-refractivity contribution in [2.45, 2.75) is 26.8 Å². The zero-order valence-electron chi connectivity index (χ0n) is 8.60. The maximum atomic E-state index is 13.4. The topological polar surface area (TPSA) is 43.1 Å². The summed E-state index contributed by atoms with van der Waals surface area (Å²) in [7, 11) is 0. The van der Waals surface area contributed by atoms with Crippen molar-refractivity contribution in [2.24, 2.45) is 5.73 Å². The van der Waals surface area contributed by atoms with Gasteiger partial charge in [0.25, 0.3) is 0 Å². The van der Waals surface area contributed by atoms with E-state index in [9.17, 15) is 9.18 Å². The maximum absolute atomic E-state index is 13.4. The van der Waals surface area contributed by atoms with Crippen LogP contribution in [-0.4, -0.2) is 11.8 Å². The largest absolute Gasteiger partial charge is 0.321 e. The average Bonchev–Trinajstić information content (AvgIpc) is 2.12. The number of hydrogen-bond donors (Lipinski definition) is 1. The quantitative estimate of drug-likeness (QED) is 0.733. The van der Waals surface area contributed by atoms with Crippen molar-refractivity contribution in [3.8, 4) is 0 Å². The molecule has 0 saturated heterocycles. The molecule has 0 aliphatic rings. The van der Waals surface area contributed by atoms with Crippen molar-refractivity contribution in [1.82, 2.24) is 0 Å². The molecule has 0 heterocycles. The predicted molar refractivity (Wildman–Crippen MR) is 53.9 cm³/mol. The van der Waals surface area contributed by atoms with Crippen LogP contribution in [0.25, 0.3) is 0 Å². The van der Waals surface area contributed by atoms with Crippen LogP contribution in [-0.2, 0) is 0 Å². The van der Waals surface area contributed by atoms with Gasteiger partial charge in [-0.05, 0) is 38.0 Å². The summed E-state index contributed by atoms with van der Waals surface area (Å²) in [6.07, 6.45) is 0. The molecule has 1 unspecified atom stereocenters. The van der Waals surface area contributed by atoms with Gasteiger partial charge < -0.3 is 5.73 Å². The first-order valence-electron chi connectivity index (χ1n) is 4.50. The fraction of sp³-hybridized carbons (Fsp3) is 0.364. The number of Topliss-reactive ketones (excluding diaryl/α,β-unsaturated/α-hetero) is 1. The molecule has 0 spiro atoms. The molecule has 0 aliphatic carbocycles. The van der Waals surface area contributed by atoms with Crippen molar-refractivity contribution < 1.29 is 9.18 Å². The Bertz CT molecular complexity index is 372. The Labute approximate surface area is 82.9 Å². The third-order valence-electron chi connectivity index (χ3n) is 2.34. The molecule has 0 amide bonds. The molecule has 3 heteroatoms. The van der Waals surface area contributed by atoms with Crippen molar-refractivity contribution in [3.63, 3.8) is 0 Å². The first kappa shape index (κ1) is 10.9. The number of carbonyl (C=O) groups is 1. The highest BCUT2D eigenvalue weighted by molar-refractivity contribution is 6.01. The van der Waals surface area contributed by atoms with E-state index >= 15 is 0 Å². The summed E-state index contributed by atoms with van der Waals surface area (Å²) in [6, 6.07) is 2.30. The van der Waals surface area contributed by atoms with Crippen LogP contribution < -0.4 is 5.73 Å². The Balaban J connectivity index is 3.33. The average molecular weight is 195 g/mol. The Kier molecular flexibility index (Phi) is 3.01. The number of benzene rings is 1. The highest BCUT2D eigenvalue weighted by Gasteiger charge is 2.18. The van der Waals surface area contributed by atoms with E-state index < -0.39 is 11.9 Å². The zero-order valence-corrected chi connectivity index (χ0v) is 8.60. The van der Waals surface area contributed by atoms with Crippen LogP contribution in [0.15, 0.2) is 12.1 Å². The first-order chi connectivity index (χ1) is 6.45. The summed E-state index contributed by atoms with van der Waals surface area (Å²) < 4.78 is 13.4. The van der Waals surface area contributed by atoms with Crippen LogP contribution >= 0.6 is 0 Å². The van der Waals surface area contributed by atoms with Crippen molar-refractivity contribution in [3.05, 3.63) is 34.6 Å². The summed E-state index contributed by atoms with van der Waals surface area (Å²) in [6.45, 7) is 5.13. The number of nitrogens with two attached hydrogens (primary N) is 1. The SMILES string of the molecule is Cc1ccc(F)c(C(=O)C(C)N)c1C. The maximum Gasteiger partial charge on any atom is 0.182 e. The minimum Gasteiger partial charge on any atom is -0.321 e. The number of hydrogen-bond acceptors (Lipinski definition) is 2. The molecule has 1 atom stereocenters. The van der Waals surface area contributed by atoms with E-state index in [4.69, 9.17) is 5.73 Å². The van der Waals surface area contributed by atoms with Gasteiger partial charge >= 0.3 is 0 Å². The van der Waals surface area contributed by atoms with Gasteiger partial charge in [-0.2, -0.15) is 0 Å². The summed E-state index contributed by atoms with van der Waals surface area (Å²) in [5, 5.41) is 0. The summed E-state index contributed by atoms with van der Waals surface area (Å²) >= 11 is 0. The Morgan fingerprint density at radius 2 is 2.00 bits per heavy atom. The van der Waals surface area contributed by atoms with E-state index in [1.807, 2.05) is 6.92 Å². The smallest absolute Gasteiger partial charge is 0.182 e. The molecule has 14 heavy (non-hydrogen) atoms. The zero-order chi connectivity index (χ0) is 10.9. The monoisotopic (exact) mass is 195 g/mol. The molecule has 1 aromatic carbocycles. The Morgan fingerprint density at radius 1 is 1.43 bits per heavy atom. The van der Waals surface area contributed by atoms with Gasteiger partial charge in [0.15, 0.2) is 5.78 Å². The van der Waals surface area contributed by atoms with E-state index in [-0.39, 0.29) is 11.3 Å². The lowest BCUT2D eigenvalue weighted by Crippen LogP contribution is -2.28. The molecule has 1 rings (SSSR count). The Morgan fingerprint density at radius 3 is 2.50 bits per heavy atom. The lowest BCUT2D eigenvalue weighted by molar-refractivity contribution is 0.0963. The highest BCUT2D eigenvalue weighted by atomic mass is 19.1. The molecule has 0 bridgehead atoms. The van der Waals surface area contributed by atoms with Gasteiger partial charge in [0.2, 0.25) is 0 Å². The molecule has 2 N–H and O–H groups in total. The Hall–Kier alpha value is -1.22. The predicted octanol–water partition coefficient (Wildman–Crippen LogP) is 1.97. The van der Waals surface area contributed by atoms with Crippen LogP contribution in [0, 0.1) is 19.7 Å². The fourth-order valence-electron chi connectivity index (χ4n) is 1.31. The number of carbonyl (C=O) groups excluding carboxylic acids is 1. The second-order valence-electron chi connectivity index (χ2n) is 3.52. The van der Waals surface area contributed by atoms with Gasteiger partial charge in [0, 0.05) is 0 Å². The first-order valence-corrected chi connectivity index (χ1v) is 4.50. The van der Waals surface area contributed by atoms with E-state index in [1.165, 1.54) is 6.07 Å². The van der Waals surface area contributed by atoms with Gasteiger partial charge in [-0.25, -0.2) is 4.39 Å². The minimum atomic E-state index is -0.662. The number of ketones is 1. The molecule has 0 fully saturated rings. The molecule has 0 radical (unpaired) electrons. The molecule has 0 aromatic heterocycles. The van der Waals surface area contributed by atoms with Gasteiger partial charge in [0.1, 0.15) is 5.82 Å². The molecule has 0 aliphatic heterocycles. The van der Waals surface area contributed by atoms with E-state index in [0.29, 0.717) is 5.56 Å². The molecule has 76 valence electrons. The second kappa shape index (κ2) is 3.88. The van der Waals surface area contributed by atoms with Crippen LogP contribution in [0.5, 0.6) is 0 Å². The number of halogens is 1. The van der Waals surface area contributed by atoms with Crippen LogP contribution in [0.4, 0.5) is 4.39 Å². The highest BCUT2D eigenvalue weighted by Crippen LogP contribution is 2.18. The van der Waals surface area contributed by atoms with Gasteiger partial charge in [-0.15, -0.1) is 0 Å². The van der Waals surface area contributed by atoms with Gasteiger partial charge in [-0.1, -0.05) is 6.07 Å². The summed E-state index contributed by atoms with van der Waals surface area (Å²) in [5.41, 5.74) is 7.14. The standard InChI is InChI=1S/C11H14FNO/c1-6-4-5-9(12)10(7(6)2)11(14)8(3)13/h4-5,8H,13H2,1-3H3. The normalized spacial score (nSPS) is 12.6. The van der Waals surface area contributed by atoms with Gasteiger partial charge in [-0.3, -0.25) is 4.79 Å². The molecule has 2 nitrogen and oxygen atoms in total. The number of rotatable bonds is 2. The van der Waals surface area contributed by atoms with Crippen molar-refractivity contribution >= 4 is 5.78 Å². The van der Waals surface area contributed by atoms with E-state index in [2.05, 4.69) is 0 Å².